The van der Waals surface area contributed by atoms with Gasteiger partial charge in [0.25, 0.3) is 5.91 Å². The molecule has 0 saturated carbocycles. The standard InChI is InChI=1S/C22H22ClN3O2S/c1-14(2)15-3-9-18(10-4-15)28-11-21(27)24-22-19-12-29-13-20(19)25-26(22)17-7-5-16(23)6-8-17/h3-10,14H,11-13H2,1-2H3,(H,24,27). The summed E-state index contributed by atoms with van der Waals surface area (Å²) in [5.41, 5.74) is 4.17. The number of thioether (sulfide) groups is 1. The zero-order chi connectivity index (χ0) is 20.4. The summed E-state index contributed by atoms with van der Waals surface area (Å²) < 4.78 is 7.44. The zero-order valence-electron chi connectivity index (χ0n) is 16.3. The van der Waals surface area contributed by atoms with Gasteiger partial charge in [-0.2, -0.15) is 16.9 Å². The van der Waals surface area contributed by atoms with E-state index in [-0.39, 0.29) is 12.5 Å². The van der Waals surface area contributed by atoms with Crippen LogP contribution in [0.4, 0.5) is 5.82 Å². The van der Waals surface area contributed by atoms with Gasteiger partial charge >= 0.3 is 0 Å². The Bertz CT molecular complexity index is 1010. The van der Waals surface area contributed by atoms with Gasteiger partial charge in [-0.1, -0.05) is 37.6 Å². The third-order valence-corrected chi connectivity index (χ3v) is 6.02. The fourth-order valence-corrected chi connectivity index (χ4v) is 4.34. The second-order valence-corrected chi connectivity index (χ2v) is 8.64. The highest BCUT2D eigenvalue weighted by Crippen LogP contribution is 2.36. The second-order valence-electron chi connectivity index (χ2n) is 7.22. The van der Waals surface area contributed by atoms with Crippen molar-refractivity contribution in [1.82, 2.24) is 9.78 Å². The minimum Gasteiger partial charge on any atom is -0.484 e. The molecule has 150 valence electrons. The van der Waals surface area contributed by atoms with E-state index >= 15 is 0 Å². The topological polar surface area (TPSA) is 56.1 Å². The van der Waals surface area contributed by atoms with E-state index in [4.69, 9.17) is 16.3 Å². The van der Waals surface area contributed by atoms with Crippen LogP contribution in [0, 0.1) is 0 Å². The molecule has 29 heavy (non-hydrogen) atoms. The van der Waals surface area contributed by atoms with Crippen molar-refractivity contribution >= 4 is 35.1 Å². The van der Waals surface area contributed by atoms with E-state index in [0.717, 1.165) is 28.5 Å². The average Bonchev–Trinajstić information content (AvgIpc) is 3.30. The van der Waals surface area contributed by atoms with Gasteiger partial charge in [0.1, 0.15) is 11.6 Å². The molecular formula is C22H22ClN3O2S. The van der Waals surface area contributed by atoms with Crippen molar-refractivity contribution in [3.8, 4) is 11.4 Å². The first-order chi connectivity index (χ1) is 14.0. The number of anilines is 1. The fraction of sp³-hybridized carbons (Fsp3) is 0.273. The number of ether oxygens (including phenoxy) is 1. The number of benzene rings is 2. The van der Waals surface area contributed by atoms with Gasteiger partial charge in [0, 0.05) is 22.1 Å². The van der Waals surface area contributed by atoms with Crippen LogP contribution in [0.3, 0.4) is 0 Å². The van der Waals surface area contributed by atoms with Crippen LogP contribution < -0.4 is 10.1 Å². The predicted octanol–water partition coefficient (Wildman–Crippen LogP) is 5.41. The molecule has 2 aromatic carbocycles. The molecule has 0 unspecified atom stereocenters. The first-order valence-corrected chi connectivity index (χ1v) is 11.0. The van der Waals surface area contributed by atoms with E-state index in [9.17, 15) is 4.79 Å². The lowest BCUT2D eigenvalue weighted by Crippen LogP contribution is -2.22. The number of hydrogen-bond donors (Lipinski definition) is 1. The Balaban J connectivity index is 1.48. The first kappa shape index (κ1) is 19.9. The molecule has 1 aliphatic rings. The van der Waals surface area contributed by atoms with Gasteiger partial charge in [-0.25, -0.2) is 4.68 Å². The van der Waals surface area contributed by atoms with Crippen molar-refractivity contribution in [1.29, 1.82) is 0 Å². The Morgan fingerprint density at radius 1 is 1.17 bits per heavy atom. The van der Waals surface area contributed by atoms with E-state index in [0.29, 0.717) is 22.5 Å². The predicted molar refractivity (Wildman–Crippen MR) is 118 cm³/mol. The number of carbonyl (C=O) groups is 1. The van der Waals surface area contributed by atoms with Crippen LogP contribution >= 0.6 is 23.4 Å². The Morgan fingerprint density at radius 3 is 2.59 bits per heavy atom. The largest absolute Gasteiger partial charge is 0.484 e. The molecular weight excluding hydrogens is 406 g/mol. The summed E-state index contributed by atoms with van der Waals surface area (Å²) in [6, 6.07) is 15.3. The van der Waals surface area contributed by atoms with Crippen molar-refractivity contribution in [3.05, 3.63) is 70.4 Å². The minimum absolute atomic E-state index is 0.0608. The lowest BCUT2D eigenvalue weighted by molar-refractivity contribution is -0.118. The molecule has 1 aromatic heterocycles. The maximum atomic E-state index is 12.6. The van der Waals surface area contributed by atoms with E-state index in [1.165, 1.54) is 5.56 Å². The number of hydrogen-bond acceptors (Lipinski definition) is 4. The maximum absolute atomic E-state index is 12.6. The summed E-state index contributed by atoms with van der Waals surface area (Å²) in [5, 5.41) is 8.34. The summed E-state index contributed by atoms with van der Waals surface area (Å²) in [5.74, 6) is 3.30. The van der Waals surface area contributed by atoms with E-state index < -0.39 is 0 Å². The molecule has 0 atom stereocenters. The second kappa shape index (κ2) is 8.51. The molecule has 5 nitrogen and oxygen atoms in total. The molecule has 4 rings (SSSR count). The summed E-state index contributed by atoms with van der Waals surface area (Å²) >= 11 is 7.80. The number of nitrogens with zero attached hydrogens (tertiary/aromatic N) is 2. The molecule has 3 aromatic rings. The van der Waals surface area contributed by atoms with Gasteiger partial charge in [-0.05, 0) is 47.9 Å². The zero-order valence-corrected chi connectivity index (χ0v) is 17.9. The maximum Gasteiger partial charge on any atom is 0.263 e. The monoisotopic (exact) mass is 427 g/mol. The highest BCUT2D eigenvalue weighted by atomic mass is 35.5. The molecule has 0 aliphatic carbocycles. The number of fused-ring (bicyclic) bond motifs is 1. The number of rotatable bonds is 6. The quantitative estimate of drug-likeness (QED) is 0.571. The van der Waals surface area contributed by atoms with Crippen LogP contribution in [0.25, 0.3) is 5.69 Å². The van der Waals surface area contributed by atoms with E-state index in [1.54, 1.807) is 16.4 Å². The number of halogens is 1. The normalized spacial score (nSPS) is 12.8. The summed E-state index contributed by atoms with van der Waals surface area (Å²) in [6.07, 6.45) is 0. The Kier molecular flexibility index (Phi) is 5.83. The van der Waals surface area contributed by atoms with Crippen molar-refractivity contribution in [3.63, 3.8) is 0 Å². The van der Waals surface area contributed by atoms with Crippen molar-refractivity contribution in [2.75, 3.05) is 11.9 Å². The van der Waals surface area contributed by atoms with Crippen LogP contribution in [0.2, 0.25) is 5.02 Å². The van der Waals surface area contributed by atoms with Gasteiger partial charge in [-0.3, -0.25) is 4.79 Å². The summed E-state index contributed by atoms with van der Waals surface area (Å²) in [6.45, 7) is 4.22. The molecule has 0 bridgehead atoms. The van der Waals surface area contributed by atoms with Crippen LogP contribution in [-0.4, -0.2) is 22.3 Å². The molecule has 0 saturated heterocycles. The Morgan fingerprint density at radius 2 is 1.90 bits per heavy atom. The van der Waals surface area contributed by atoms with Crippen LogP contribution in [0.5, 0.6) is 5.75 Å². The third-order valence-electron chi connectivity index (χ3n) is 4.80. The molecule has 1 aliphatic heterocycles. The minimum atomic E-state index is -0.215. The van der Waals surface area contributed by atoms with Gasteiger partial charge in [0.2, 0.25) is 0 Å². The van der Waals surface area contributed by atoms with Gasteiger partial charge in [0.05, 0.1) is 11.4 Å². The lowest BCUT2D eigenvalue weighted by Gasteiger charge is -2.12. The molecule has 0 spiro atoms. The summed E-state index contributed by atoms with van der Waals surface area (Å²) in [4.78, 5) is 12.6. The van der Waals surface area contributed by atoms with Crippen LogP contribution in [-0.2, 0) is 16.3 Å². The van der Waals surface area contributed by atoms with Gasteiger partial charge in [0.15, 0.2) is 6.61 Å². The number of nitrogens with one attached hydrogen (secondary N) is 1. The molecule has 2 heterocycles. The molecule has 0 fully saturated rings. The number of aromatic nitrogens is 2. The molecule has 7 heteroatoms. The van der Waals surface area contributed by atoms with Crippen LogP contribution in [0.15, 0.2) is 48.5 Å². The molecule has 1 amide bonds. The number of carbonyl (C=O) groups excluding carboxylic acids is 1. The lowest BCUT2D eigenvalue weighted by atomic mass is 10.0. The van der Waals surface area contributed by atoms with Crippen molar-refractivity contribution in [2.24, 2.45) is 0 Å². The highest BCUT2D eigenvalue weighted by molar-refractivity contribution is 7.98. The average molecular weight is 428 g/mol. The van der Waals surface area contributed by atoms with Crippen molar-refractivity contribution < 1.29 is 9.53 Å². The Labute approximate surface area is 179 Å². The molecule has 1 N–H and O–H groups in total. The SMILES string of the molecule is CC(C)c1ccc(OCC(=O)Nc2c3c(nn2-c2ccc(Cl)cc2)CSC3)cc1. The fourth-order valence-electron chi connectivity index (χ4n) is 3.18. The van der Waals surface area contributed by atoms with E-state index in [1.807, 2.05) is 48.5 Å². The highest BCUT2D eigenvalue weighted by Gasteiger charge is 2.24. The number of amides is 1. The first-order valence-electron chi connectivity index (χ1n) is 9.48. The van der Waals surface area contributed by atoms with Crippen molar-refractivity contribution in [2.45, 2.75) is 31.3 Å². The third kappa shape index (κ3) is 4.43. The van der Waals surface area contributed by atoms with Gasteiger partial charge < -0.3 is 10.1 Å². The molecule has 0 radical (unpaired) electrons. The van der Waals surface area contributed by atoms with E-state index in [2.05, 4.69) is 24.3 Å². The van der Waals surface area contributed by atoms with Gasteiger partial charge in [-0.15, -0.1) is 0 Å². The smallest absolute Gasteiger partial charge is 0.263 e. The summed E-state index contributed by atoms with van der Waals surface area (Å²) in [7, 11) is 0. The Hall–Kier alpha value is -2.44. The van der Waals surface area contributed by atoms with Crippen LogP contribution in [0.1, 0.15) is 36.6 Å².